The average Bonchev–Trinajstić information content (AvgIpc) is 3.13. The summed E-state index contributed by atoms with van der Waals surface area (Å²) in [4.78, 5) is 28.5. The van der Waals surface area contributed by atoms with Gasteiger partial charge in [-0.2, -0.15) is 0 Å². The summed E-state index contributed by atoms with van der Waals surface area (Å²) in [6.45, 7) is 1.81. The number of fused-ring (bicyclic) bond motifs is 1. The van der Waals surface area contributed by atoms with Crippen LogP contribution in [-0.2, 0) is 20.9 Å². The number of nitrogens with one attached hydrogen (secondary N) is 1. The minimum Gasteiger partial charge on any atom is -0.496 e. The second-order valence-electron chi connectivity index (χ2n) is 5.90. The molecule has 146 valence electrons. The number of hydrogen-bond acceptors (Lipinski definition) is 7. The Morgan fingerprint density at radius 2 is 1.93 bits per heavy atom. The van der Waals surface area contributed by atoms with Crippen molar-refractivity contribution >= 4 is 34.7 Å². The van der Waals surface area contributed by atoms with Crippen LogP contribution in [0.25, 0.3) is 11.1 Å². The third-order valence-electron chi connectivity index (χ3n) is 3.91. The second-order valence-corrected chi connectivity index (χ2v) is 6.82. The topological polar surface area (TPSA) is 90.7 Å². The molecule has 0 bridgehead atoms. The van der Waals surface area contributed by atoms with Crippen molar-refractivity contribution in [2.45, 2.75) is 24.8 Å². The number of esters is 1. The molecule has 7 nitrogen and oxygen atoms in total. The first-order valence-corrected chi connectivity index (χ1v) is 9.63. The molecule has 0 aliphatic rings. The van der Waals surface area contributed by atoms with Crippen LogP contribution in [-0.4, -0.2) is 35.8 Å². The number of ether oxygens (including phenoxy) is 2. The van der Waals surface area contributed by atoms with Gasteiger partial charge in [-0.3, -0.25) is 9.59 Å². The molecular weight excluding hydrogens is 380 g/mol. The number of hydrogen-bond donors (Lipinski definition) is 1. The van der Waals surface area contributed by atoms with Gasteiger partial charge in [-0.15, -0.1) is 0 Å². The highest BCUT2D eigenvalue weighted by atomic mass is 32.2. The molecule has 0 radical (unpaired) electrons. The number of para-hydroxylation sites is 3. The summed E-state index contributed by atoms with van der Waals surface area (Å²) in [5, 5.41) is 3.12. The summed E-state index contributed by atoms with van der Waals surface area (Å²) in [6, 6.07) is 14.7. The Balaban J connectivity index is 1.45. The fraction of sp³-hybridized carbons (Fsp3) is 0.250. The molecule has 0 unspecified atom stereocenters. The van der Waals surface area contributed by atoms with Gasteiger partial charge in [0.1, 0.15) is 17.0 Å². The van der Waals surface area contributed by atoms with E-state index in [1.165, 1.54) is 6.92 Å². The first-order chi connectivity index (χ1) is 13.6. The molecule has 1 heterocycles. The van der Waals surface area contributed by atoms with Crippen molar-refractivity contribution < 1.29 is 23.5 Å². The highest BCUT2D eigenvalue weighted by Gasteiger charge is 2.19. The van der Waals surface area contributed by atoms with Crippen molar-refractivity contribution in [1.82, 2.24) is 10.3 Å². The van der Waals surface area contributed by atoms with E-state index >= 15 is 0 Å². The van der Waals surface area contributed by atoms with Gasteiger partial charge >= 0.3 is 5.97 Å². The fourth-order valence-electron chi connectivity index (χ4n) is 2.49. The van der Waals surface area contributed by atoms with Crippen molar-refractivity contribution in [2.75, 3.05) is 12.9 Å². The Bertz CT molecular complexity index is 939. The van der Waals surface area contributed by atoms with E-state index in [4.69, 9.17) is 13.9 Å². The van der Waals surface area contributed by atoms with Crippen LogP contribution < -0.4 is 10.1 Å². The lowest BCUT2D eigenvalue weighted by Crippen LogP contribution is -2.35. The average molecular weight is 400 g/mol. The molecule has 8 heteroatoms. The first kappa shape index (κ1) is 19.8. The Morgan fingerprint density at radius 3 is 2.71 bits per heavy atom. The zero-order valence-electron chi connectivity index (χ0n) is 15.5. The number of methoxy groups -OCH3 is 1. The number of benzene rings is 2. The maximum Gasteiger partial charge on any atom is 0.317 e. The number of rotatable bonds is 8. The third-order valence-corrected chi connectivity index (χ3v) is 4.71. The van der Waals surface area contributed by atoms with E-state index in [-0.39, 0.29) is 18.2 Å². The number of amides is 1. The van der Waals surface area contributed by atoms with Crippen LogP contribution in [0.15, 0.2) is 58.2 Å². The molecule has 1 N–H and O–H groups in total. The largest absolute Gasteiger partial charge is 0.496 e. The summed E-state index contributed by atoms with van der Waals surface area (Å²) in [7, 11) is 1.57. The van der Waals surface area contributed by atoms with Crippen molar-refractivity contribution in [2.24, 2.45) is 0 Å². The SMILES string of the molecule is COc1ccccc1CNC(=O)[C@@H](C)OC(=O)CSc1nc2ccccc2o1. The summed E-state index contributed by atoms with van der Waals surface area (Å²) in [5.41, 5.74) is 2.22. The molecule has 0 spiro atoms. The van der Waals surface area contributed by atoms with Crippen LogP contribution in [0.3, 0.4) is 0 Å². The molecule has 3 rings (SSSR count). The summed E-state index contributed by atoms with van der Waals surface area (Å²) >= 11 is 1.12. The number of carbonyl (C=O) groups is 2. The third kappa shape index (κ3) is 5.04. The van der Waals surface area contributed by atoms with Crippen molar-refractivity contribution in [3.63, 3.8) is 0 Å². The Morgan fingerprint density at radius 1 is 1.18 bits per heavy atom. The molecule has 28 heavy (non-hydrogen) atoms. The van der Waals surface area contributed by atoms with E-state index in [1.807, 2.05) is 42.5 Å². The van der Waals surface area contributed by atoms with E-state index in [9.17, 15) is 9.59 Å². The van der Waals surface area contributed by atoms with Gasteiger partial charge in [0.05, 0.1) is 7.11 Å². The lowest BCUT2D eigenvalue weighted by Gasteiger charge is -2.14. The van der Waals surface area contributed by atoms with Gasteiger partial charge in [0.25, 0.3) is 11.1 Å². The summed E-state index contributed by atoms with van der Waals surface area (Å²) in [5.74, 6) is -0.225. The molecule has 3 aromatic rings. The Kier molecular flexibility index (Phi) is 6.54. The zero-order valence-corrected chi connectivity index (χ0v) is 16.3. The number of aromatic nitrogens is 1. The Labute approximate surface area is 166 Å². The number of thioether (sulfide) groups is 1. The fourth-order valence-corrected chi connectivity index (χ4v) is 3.11. The minimum absolute atomic E-state index is 0.00303. The van der Waals surface area contributed by atoms with Gasteiger partial charge in [0.2, 0.25) is 0 Å². The molecule has 1 aromatic heterocycles. The predicted octanol–water partition coefficient (Wildman–Crippen LogP) is 3.18. The van der Waals surface area contributed by atoms with Crippen LogP contribution in [0.2, 0.25) is 0 Å². The van der Waals surface area contributed by atoms with E-state index in [2.05, 4.69) is 10.3 Å². The summed E-state index contributed by atoms with van der Waals surface area (Å²) in [6.07, 6.45) is -0.911. The van der Waals surface area contributed by atoms with Crippen LogP contribution in [0.1, 0.15) is 12.5 Å². The number of carbonyl (C=O) groups excluding carboxylic acids is 2. The van der Waals surface area contributed by atoms with E-state index in [0.29, 0.717) is 16.6 Å². The predicted molar refractivity (Wildman–Crippen MR) is 105 cm³/mol. The molecule has 1 amide bonds. The van der Waals surface area contributed by atoms with E-state index in [1.54, 1.807) is 13.2 Å². The highest BCUT2D eigenvalue weighted by molar-refractivity contribution is 7.99. The minimum atomic E-state index is -0.911. The lowest BCUT2D eigenvalue weighted by atomic mass is 10.2. The lowest BCUT2D eigenvalue weighted by molar-refractivity contribution is -0.152. The van der Waals surface area contributed by atoms with Crippen LogP contribution in [0.5, 0.6) is 5.75 Å². The molecule has 2 aromatic carbocycles. The van der Waals surface area contributed by atoms with Gasteiger partial charge in [-0.25, -0.2) is 4.98 Å². The molecule has 0 aliphatic heterocycles. The van der Waals surface area contributed by atoms with Gasteiger partial charge in [0.15, 0.2) is 11.7 Å². The van der Waals surface area contributed by atoms with Crippen molar-refractivity contribution in [3.05, 3.63) is 54.1 Å². The van der Waals surface area contributed by atoms with Gasteiger partial charge in [-0.05, 0) is 25.1 Å². The highest BCUT2D eigenvalue weighted by Crippen LogP contribution is 2.23. The van der Waals surface area contributed by atoms with E-state index in [0.717, 1.165) is 22.8 Å². The van der Waals surface area contributed by atoms with Crippen molar-refractivity contribution in [1.29, 1.82) is 0 Å². The van der Waals surface area contributed by atoms with Crippen molar-refractivity contribution in [3.8, 4) is 5.75 Å². The maximum atomic E-state index is 12.2. The Hall–Kier alpha value is -3.00. The second kappa shape index (κ2) is 9.27. The maximum absolute atomic E-state index is 12.2. The van der Waals surface area contributed by atoms with Gasteiger partial charge in [-0.1, -0.05) is 42.1 Å². The van der Waals surface area contributed by atoms with Crippen LogP contribution in [0.4, 0.5) is 0 Å². The van der Waals surface area contributed by atoms with E-state index < -0.39 is 12.1 Å². The van der Waals surface area contributed by atoms with Crippen LogP contribution >= 0.6 is 11.8 Å². The molecular formula is C20H20N2O5S. The molecule has 0 fully saturated rings. The quantitative estimate of drug-likeness (QED) is 0.459. The normalized spacial score (nSPS) is 11.8. The summed E-state index contributed by atoms with van der Waals surface area (Å²) < 4.78 is 16.0. The number of nitrogens with zero attached hydrogens (tertiary/aromatic N) is 1. The monoisotopic (exact) mass is 400 g/mol. The molecule has 0 saturated heterocycles. The van der Waals surface area contributed by atoms with Gasteiger partial charge < -0.3 is 19.2 Å². The zero-order chi connectivity index (χ0) is 19.9. The van der Waals surface area contributed by atoms with Crippen LogP contribution in [0, 0.1) is 0 Å². The molecule has 0 saturated carbocycles. The molecule has 0 aliphatic carbocycles. The number of oxazole rings is 1. The van der Waals surface area contributed by atoms with Gasteiger partial charge in [0, 0.05) is 12.1 Å². The molecule has 1 atom stereocenters. The first-order valence-electron chi connectivity index (χ1n) is 8.64. The standard InChI is InChI=1S/C20H20N2O5S/c1-13(19(24)21-11-14-7-3-5-9-16(14)25-2)26-18(23)12-28-20-22-15-8-4-6-10-17(15)27-20/h3-10,13H,11-12H2,1-2H3,(H,21,24)/t13-/m1/s1. The smallest absolute Gasteiger partial charge is 0.317 e.